The van der Waals surface area contributed by atoms with Gasteiger partial charge in [0.25, 0.3) is 0 Å². The second kappa shape index (κ2) is 10.8. The van der Waals surface area contributed by atoms with E-state index in [1.807, 2.05) is 34.6 Å². The smallest absolute Gasteiger partial charge is 0.239 e. The maximum atomic E-state index is 12.4. The lowest BCUT2D eigenvalue weighted by Gasteiger charge is -2.32. The third kappa shape index (κ3) is 10.6. The molecule has 1 unspecified atom stereocenters. The fourth-order valence-electron chi connectivity index (χ4n) is 3.13. The van der Waals surface area contributed by atoms with Crippen LogP contribution in [0.5, 0.6) is 0 Å². The molecule has 0 aromatic carbocycles. The highest BCUT2D eigenvalue weighted by Crippen LogP contribution is 2.29. The average Bonchev–Trinajstić information content (AvgIpc) is 2.55. The predicted octanol–water partition coefficient (Wildman–Crippen LogP) is 1.38. The van der Waals surface area contributed by atoms with Crippen LogP contribution in [0.3, 0.4) is 0 Å². The summed E-state index contributed by atoms with van der Waals surface area (Å²) in [4.78, 5) is 36.4. The van der Waals surface area contributed by atoms with Gasteiger partial charge >= 0.3 is 0 Å². The molecule has 0 rings (SSSR count). The van der Waals surface area contributed by atoms with E-state index in [0.29, 0.717) is 12.8 Å². The average molecular weight is 402 g/mol. The van der Waals surface area contributed by atoms with Crippen LogP contribution in [0.15, 0.2) is 0 Å². The molecule has 3 amide bonds. The van der Waals surface area contributed by atoms with Gasteiger partial charge in [-0.25, -0.2) is 0 Å². The van der Waals surface area contributed by atoms with Gasteiger partial charge < -0.3 is 25.4 Å². The van der Waals surface area contributed by atoms with E-state index in [1.165, 1.54) is 0 Å². The van der Waals surface area contributed by atoms with E-state index < -0.39 is 22.5 Å². The van der Waals surface area contributed by atoms with Crippen molar-refractivity contribution < 1.29 is 23.9 Å². The second-order valence-corrected chi connectivity index (χ2v) is 9.17. The van der Waals surface area contributed by atoms with Crippen LogP contribution in [0.4, 0.5) is 0 Å². The third-order valence-corrected chi connectivity index (χ3v) is 4.57. The summed E-state index contributed by atoms with van der Waals surface area (Å²) in [5, 5.41) is 8.00. The summed E-state index contributed by atoms with van der Waals surface area (Å²) < 4.78 is 10.6. The Morgan fingerprint density at radius 2 is 1.43 bits per heavy atom. The number of hydrogen-bond acceptors (Lipinski definition) is 5. The Balaban J connectivity index is 4.38. The molecule has 1 atom stereocenters. The molecule has 28 heavy (non-hydrogen) atoms. The first kappa shape index (κ1) is 26.3. The molecule has 8 heteroatoms. The minimum absolute atomic E-state index is 0.00606. The fraction of sp³-hybridized carbons (Fsp3) is 0.850. The Morgan fingerprint density at radius 3 is 1.93 bits per heavy atom. The van der Waals surface area contributed by atoms with Gasteiger partial charge in [-0.3, -0.25) is 14.4 Å². The second-order valence-electron chi connectivity index (χ2n) is 9.17. The van der Waals surface area contributed by atoms with E-state index in [4.69, 9.17) is 9.47 Å². The molecular formula is C20H39N3O5. The lowest BCUT2D eigenvalue weighted by molar-refractivity contribution is -0.135. The quantitative estimate of drug-likeness (QED) is 0.458. The zero-order valence-corrected chi connectivity index (χ0v) is 18.9. The Kier molecular flexibility index (Phi) is 10.1. The standard InChI is InChI=1S/C20H39N3O5/c1-14(27-8)10-19(4,5)23-16(25)12-21-15(24)11-22-17(26)18(2,3)13-20(6,7)28-9/h14H,10-13H2,1-9H3,(H,21,24)(H,22,26)(H,23,25). The van der Waals surface area contributed by atoms with Crippen molar-refractivity contribution in [3.05, 3.63) is 0 Å². The summed E-state index contributed by atoms with van der Waals surface area (Å²) in [7, 11) is 3.22. The number of rotatable bonds is 12. The summed E-state index contributed by atoms with van der Waals surface area (Å²) in [6.07, 6.45) is 1.15. The maximum Gasteiger partial charge on any atom is 0.239 e. The molecule has 164 valence electrons. The highest BCUT2D eigenvalue weighted by molar-refractivity contribution is 5.89. The van der Waals surface area contributed by atoms with Gasteiger partial charge in [0.1, 0.15) is 0 Å². The molecule has 0 aliphatic carbocycles. The molecule has 0 saturated heterocycles. The molecule has 0 radical (unpaired) electrons. The molecular weight excluding hydrogens is 362 g/mol. The highest BCUT2D eigenvalue weighted by Gasteiger charge is 2.34. The van der Waals surface area contributed by atoms with Crippen molar-refractivity contribution in [2.75, 3.05) is 27.3 Å². The Hall–Kier alpha value is -1.67. The van der Waals surface area contributed by atoms with Gasteiger partial charge in [-0.05, 0) is 47.5 Å². The van der Waals surface area contributed by atoms with Crippen LogP contribution in [0, 0.1) is 5.41 Å². The molecule has 0 aromatic heterocycles. The predicted molar refractivity (Wildman–Crippen MR) is 109 cm³/mol. The number of nitrogens with one attached hydrogen (secondary N) is 3. The monoisotopic (exact) mass is 401 g/mol. The van der Waals surface area contributed by atoms with Crippen molar-refractivity contribution in [1.29, 1.82) is 0 Å². The van der Waals surface area contributed by atoms with E-state index in [-0.39, 0.29) is 31.0 Å². The molecule has 8 nitrogen and oxygen atoms in total. The van der Waals surface area contributed by atoms with E-state index in [0.717, 1.165) is 0 Å². The van der Waals surface area contributed by atoms with Crippen LogP contribution in [0.2, 0.25) is 0 Å². The van der Waals surface area contributed by atoms with Gasteiger partial charge in [-0.2, -0.15) is 0 Å². The number of methoxy groups -OCH3 is 2. The first-order valence-corrected chi connectivity index (χ1v) is 9.58. The Morgan fingerprint density at radius 1 is 0.893 bits per heavy atom. The van der Waals surface area contributed by atoms with Crippen LogP contribution in [-0.2, 0) is 23.9 Å². The number of carbonyl (C=O) groups is 3. The van der Waals surface area contributed by atoms with Crippen molar-refractivity contribution in [1.82, 2.24) is 16.0 Å². The molecule has 0 bridgehead atoms. The van der Waals surface area contributed by atoms with E-state index in [2.05, 4.69) is 16.0 Å². The summed E-state index contributed by atoms with van der Waals surface area (Å²) in [5.41, 5.74) is -1.60. The van der Waals surface area contributed by atoms with Crippen LogP contribution < -0.4 is 16.0 Å². The molecule has 3 N–H and O–H groups in total. The SMILES string of the molecule is COC(C)CC(C)(C)NC(=O)CNC(=O)CNC(=O)C(C)(C)CC(C)(C)OC. The summed E-state index contributed by atoms with van der Waals surface area (Å²) in [6, 6.07) is 0. The van der Waals surface area contributed by atoms with E-state index in [9.17, 15) is 14.4 Å². The van der Waals surface area contributed by atoms with E-state index >= 15 is 0 Å². The van der Waals surface area contributed by atoms with Crippen molar-refractivity contribution >= 4 is 17.7 Å². The molecule has 0 aliphatic rings. The maximum absolute atomic E-state index is 12.4. The highest BCUT2D eigenvalue weighted by atomic mass is 16.5. The largest absolute Gasteiger partial charge is 0.382 e. The molecule has 0 saturated carbocycles. The molecule has 0 aliphatic heterocycles. The van der Waals surface area contributed by atoms with Crippen molar-refractivity contribution in [2.45, 2.75) is 78.6 Å². The van der Waals surface area contributed by atoms with Gasteiger partial charge in [-0.1, -0.05) is 13.8 Å². The lowest BCUT2D eigenvalue weighted by atomic mass is 9.81. The fourth-order valence-corrected chi connectivity index (χ4v) is 3.13. The van der Waals surface area contributed by atoms with Crippen molar-refractivity contribution in [2.24, 2.45) is 5.41 Å². The summed E-state index contributed by atoms with van der Waals surface area (Å²) in [6.45, 7) is 12.8. The number of carbonyl (C=O) groups excluding carboxylic acids is 3. The van der Waals surface area contributed by atoms with Gasteiger partial charge in [0.15, 0.2) is 0 Å². The van der Waals surface area contributed by atoms with Crippen LogP contribution in [-0.4, -0.2) is 62.3 Å². The van der Waals surface area contributed by atoms with Crippen LogP contribution >= 0.6 is 0 Å². The zero-order chi connectivity index (χ0) is 22.2. The zero-order valence-electron chi connectivity index (χ0n) is 18.9. The number of ether oxygens (including phenoxy) is 2. The number of amides is 3. The minimum Gasteiger partial charge on any atom is -0.382 e. The van der Waals surface area contributed by atoms with Crippen LogP contribution in [0.25, 0.3) is 0 Å². The summed E-state index contributed by atoms with van der Waals surface area (Å²) in [5.74, 6) is -0.963. The first-order valence-electron chi connectivity index (χ1n) is 9.58. The van der Waals surface area contributed by atoms with Gasteiger partial charge in [0.05, 0.1) is 24.8 Å². The van der Waals surface area contributed by atoms with Gasteiger partial charge in [0.2, 0.25) is 17.7 Å². The lowest BCUT2D eigenvalue weighted by Crippen LogP contribution is -2.50. The third-order valence-electron chi connectivity index (χ3n) is 4.57. The van der Waals surface area contributed by atoms with Gasteiger partial charge in [0, 0.05) is 25.2 Å². The van der Waals surface area contributed by atoms with Crippen LogP contribution in [0.1, 0.15) is 61.3 Å². The molecule has 0 heterocycles. The minimum atomic E-state index is -0.695. The Bertz CT molecular complexity index is 544. The van der Waals surface area contributed by atoms with E-state index in [1.54, 1.807) is 28.1 Å². The topological polar surface area (TPSA) is 106 Å². The summed E-state index contributed by atoms with van der Waals surface area (Å²) >= 11 is 0. The first-order chi connectivity index (χ1) is 12.6. The molecule has 0 spiro atoms. The number of hydrogen-bond donors (Lipinski definition) is 3. The normalized spacial score (nSPS) is 13.6. The van der Waals surface area contributed by atoms with Gasteiger partial charge in [-0.15, -0.1) is 0 Å². The molecule has 0 aromatic rings. The van der Waals surface area contributed by atoms with Crippen molar-refractivity contribution in [3.63, 3.8) is 0 Å². The van der Waals surface area contributed by atoms with Crippen molar-refractivity contribution in [3.8, 4) is 0 Å². The Labute approximate surface area is 169 Å². The molecule has 0 fully saturated rings.